The van der Waals surface area contributed by atoms with E-state index in [1.54, 1.807) is 0 Å². The van der Waals surface area contributed by atoms with Crippen molar-refractivity contribution in [3.05, 3.63) is 60.2 Å². The second kappa shape index (κ2) is 8.22. The topological polar surface area (TPSA) is 126 Å². The van der Waals surface area contributed by atoms with Gasteiger partial charge in [-0.3, -0.25) is 4.79 Å². The number of benzene rings is 2. The molecule has 2 aromatic rings. The fraction of sp³-hybridized carbons (Fsp3) is 0.211. The van der Waals surface area contributed by atoms with Crippen LogP contribution in [0.25, 0.3) is 0 Å². The van der Waals surface area contributed by atoms with Gasteiger partial charge in [-0.2, -0.15) is 4.99 Å². The minimum Gasteiger partial charge on any atom is -0.370 e. The molecule has 0 bridgehead atoms. The highest BCUT2D eigenvalue weighted by atomic mass is 16.2. The van der Waals surface area contributed by atoms with E-state index >= 15 is 0 Å². The Labute approximate surface area is 158 Å². The summed E-state index contributed by atoms with van der Waals surface area (Å²) in [7, 11) is 0. The van der Waals surface area contributed by atoms with Crippen molar-refractivity contribution in [1.82, 2.24) is 4.90 Å². The van der Waals surface area contributed by atoms with E-state index in [0.717, 1.165) is 24.3 Å². The molecule has 1 fully saturated rings. The minimum atomic E-state index is -0.129. The molecule has 1 aliphatic heterocycles. The second-order valence-corrected chi connectivity index (χ2v) is 6.17. The van der Waals surface area contributed by atoms with Gasteiger partial charge in [-0.25, -0.2) is 4.99 Å². The van der Waals surface area contributed by atoms with E-state index in [4.69, 9.17) is 17.2 Å². The Hall–Kier alpha value is -3.55. The first-order chi connectivity index (χ1) is 13.0. The molecular weight excluding hydrogens is 342 g/mol. The summed E-state index contributed by atoms with van der Waals surface area (Å²) in [6, 6.07) is 17.0. The standard InChI is InChI=1S/C19H23N7O/c20-18(21)24-19(22)23-15-6-8-16(9-7-15)25-10-12-26(13-11-25)17(27)14-4-2-1-3-5-14/h1-9H,10-13H2,(H6,20,21,22,23,24). The van der Waals surface area contributed by atoms with Crippen LogP contribution in [0.3, 0.4) is 0 Å². The number of carbonyl (C=O) groups is 1. The largest absolute Gasteiger partial charge is 0.370 e. The average molecular weight is 365 g/mol. The lowest BCUT2D eigenvalue weighted by Gasteiger charge is -2.36. The van der Waals surface area contributed by atoms with Gasteiger partial charge >= 0.3 is 0 Å². The Bertz CT molecular complexity index is 834. The van der Waals surface area contributed by atoms with Crippen LogP contribution in [0.5, 0.6) is 0 Å². The van der Waals surface area contributed by atoms with Crippen LogP contribution in [-0.4, -0.2) is 48.9 Å². The summed E-state index contributed by atoms with van der Waals surface area (Å²) in [5.74, 6) is -0.0401. The molecule has 1 saturated heterocycles. The molecular formula is C19H23N7O. The Morgan fingerprint density at radius 2 is 1.48 bits per heavy atom. The van der Waals surface area contributed by atoms with Crippen molar-refractivity contribution in [2.45, 2.75) is 0 Å². The first kappa shape index (κ1) is 18.2. The van der Waals surface area contributed by atoms with Gasteiger partial charge in [-0.05, 0) is 36.4 Å². The van der Waals surface area contributed by atoms with Gasteiger partial charge in [0.25, 0.3) is 5.91 Å². The summed E-state index contributed by atoms with van der Waals surface area (Å²) in [5.41, 5.74) is 18.6. The molecule has 27 heavy (non-hydrogen) atoms. The van der Waals surface area contributed by atoms with Crippen LogP contribution in [0.4, 0.5) is 11.4 Å². The Morgan fingerprint density at radius 3 is 2.07 bits per heavy atom. The van der Waals surface area contributed by atoms with Gasteiger partial charge in [0, 0.05) is 37.4 Å². The number of hydrogen-bond acceptors (Lipinski definition) is 3. The van der Waals surface area contributed by atoms with Crippen molar-refractivity contribution in [1.29, 1.82) is 0 Å². The summed E-state index contributed by atoms with van der Waals surface area (Å²) in [6.07, 6.45) is 0. The van der Waals surface area contributed by atoms with E-state index in [-0.39, 0.29) is 17.8 Å². The Balaban J connectivity index is 1.60. The van der Waals surface area contributed by atoms with Crippen LogP contribution in [-0.2, 0) is 0 Å². The number of anilines is 1. The van der Waals surface area contributed by atoms with Gasteiger partial charge in [0.1, 0.15) is 0 Å². The number of aliphatic imine (C=N–C) groups is 2. The van der Waals surface area contributed by atoms with E-state index in [2.05, 4.69) is 14.9 Å². The third kappa shape index (κ3) is 4.75. The molecule has 0 aliphatic carbocycles. The number of guanidine groups is 2. The molecule has 8 heteroatoms. The molecule has 0 saturated carbocycles. The highest BCUT2D eigenvalue weighted by Gasteiger charge is 2.22. The smallest absolute Gasteiger partial charge is 0.253 e. The van der Waals surface area contributed by atoms with E-state index < -0.39 is 0 Å². The molecule has 0 radical (unpaired) electrons. The van der Waals surface area contributed by atoms with Crippen molar-refractivity contribution in [2.24, 2.45) is 27.2 Å². The fourth-order valence-electron chi connectivity index (χ4n) is 2.96. The monoisotopic (exact) mass is 365 g/mol. The van der Waals surface area contributed by atoms with Gasteiger partial charge in [-0.15, -0.1) is 0 Å². The third-order valence-corrected chi connectivity index (χ3v) is 4.29. The number of piperazine rings is 1. The number of nitrogens with zero attached hydrogens (tertiary/aromatic N) is 4. The lowest BCUT2D eigenvalue weighted by molar-refractivity contribution is 0.0747. The van der Waals surface area contributed by atoms with E-state index in [1.807, 2.05) is 59.5 Å². The zero-order chi connectivity index (χ0) is 19.2. The SMILES string of the molecule is NC(N)=NC(N)=Nc1ccc(N2CCN(C(=O)c3ccccc3)CC2)cc1. The molecule has 6 N–H and O–H groups in total. The highest BCUT2D eigenvalue weighted by Crippen LogP contribution is 2.21. The summed E-state index contributed by atoms with van der Waals surface area (Å²) in [6.45, 7) is 2.92. The minimum absolute atomic E-state index is 0.00999. The van der Waals surface area contributed by atoms with Gasteiger partial charge in [0.2, 0.25) is 5.96 Å². The van der Waals surface area contributed by atoms with Gasteiger partial charge in [-0.1, -0.05) is 18.2 Å². The summed E-state index contributed by atoms with van der Waals surface area (Å²) >= 11 is 0. The summed E-state index contributed by atoms with van der Waals surface area (Å²) in [4.78, 5) is 24.5. The highest BCUT2D eigenvalue weighted by molar-refractivity contribution is 5.94. The number of carbonyl (C=O) groups excluding carboxylic acids is 1. The molecule has 0 spiro atoms. The van der Waals surface area contributed by atoms with Crippen LogP contribution >= 0.6 is 0 Å². The van der Waals surface area contributed by atoms with Gasteiger partial charge in [0.15, 0.2) is 5.96 Å². The van der Waals surface area contributed by atoms with Crippen LogP contribution in [0, 0.1) is 0 Å². The van der Waals surface area contributed by atoms with E-state index in [1.165, 1.54) is 0 Å². The molecule has 0 unspecified atom stereocenters. The maximum Gasteiger partial charge on any atom is 0.253 e. The zero-order valence-corrected chi connectivity index (χ0v) is 15.0. The Kier molecular flexibility index (Phi) is 5.55. The fourth-order valence-corrected chi connectivity index (χ4v) is 2.96. The molecule has 8 nitrogen and oxygen atoms in total. The maximum absolute atomic E-state index is 12.5. The van der Waals surface area contributed by atoms with Crippen molar-refractivity contribution < 1.29 is 4.79 Å². The predicted molar refractivity (Wildman–Crippen MR) is 108 cm³/mol. The maximum atomic E-state index is 12.5. The molecule has 140 valence electrons. The van der Waals surface area contributed by atoms with Gasteiger partial charge in [0.05, 0.1) is 5.69 Å². The molecule has 1 heterocycles. The zero-order valence-electron chi connectivity index (χ0n) is 15.0. The lowest BCUT2D eigenvalue weighted by Crippen LogP contribution is -2.48. The molecule has 0 aromatic heterocycles. The van der Waals surface area contributed by atoms with E-state index in [9.17, 15) is 4.79 Å². The van der Waals surface area contributed by atoms with Crippen LogP contribution in [0.15, 0.2) is 64.6 Å². The quantitative estimate of drug-likeness (QED) is 0.549. The first-order valence-corrected chi connectivity index (χ1v) is 8.66. The predicted octanol–water partition coefficient (Wildman–Crippen LogP) is 0.869. The molecule has 1 aliphatic rings. The summed E-state index contributed by atoms with van der Waals surface area (Å²) in [5, 5.41) is 0. The molecule has 3 rings (SSSR count). The van der Waals surface area contributed by atoms with Crippen molar-refractivity contribution in [2.75, 3.05) is 31.1 Å². The van der Waals surface area contributed by atoms with Crippen molar-refractivity contribution in [3.63, 3.8) is 0 Å². The van der Waals surface area contributed by atoms with Crippen LogP contribution < -0.4 is 22.1 Å². The number of nitrogens with two attached hydrogens (primary N) is 3. The van der Waals surface area contributed by atoms with E-state index in [0.29, 0.717) is 18.8 Å². The van der Waals surface area contributed by atoms with Crippen molar-refractivity contribution in [3.8, 4) is 0 Å². The number of amides is 1. The van der Waals surface area contributed by atoms with Crippen LogP contribution in [0.2, 0.25) is 0 Å². The first-order valence-electron chi connectivity index (χ1n) is 8.66. The molecule has 2 aromatic carbocycles. The van der Waals surface area contributed by atoms with Crippen LogP contribution in [0.1, 0.15) is 10.4 Å². The number of hydrogen-bond donors (Lipinski definition) is 3. The normalized spacial score (nSPS) is 14.7. The van der Waals surface area contributed by atoms with Gasteiger partial charge < -0.3 is 27.0 Å². The second-order valence-electron chi connectivity index (χ2n) is 6.17. The average Bonchev–Trinajstić information content (AvgIpc) is 2.68. The lowest BCUT2D eigenvalue weighted by atomic mass is 10.1. The summed E-state index contributed by atoms with van der Waals surface area (Å²) < 4.78 is 0. The Morgan fingerprint density at radius 1 is 0.852 bits per heavy atom. The number of rotatable bonds is 3. The third-order valence-electron chi connectivity index (χ3n) is 4.29. The molecule has 1 amide bonds. The van der Waals surface area contributed by atoms with Crippen molar-refractivity contribution >= 4 is 29.2 Å². The molecule has 0 atom stereocenters.